The van der Waals surface area contributed by atoms with E-state index in [0.717, 1.165) is 0 Å². The highest BCUT2D eigenvalue weighted by Gasteiger charge is 1.83. The zero-order chi connectivity index (χ0) is 4.41. The third kappa shape index (κ3) is 0.463. The standard InChI is InChI=1S/C2HN2OS/c6-2-1-5-4-3-2/h1H. The highest BCUT2D eigenvalue weighted by Crippen LogP contribution is 1.93. The first-order chi connectivity index (χ1) is 2.89. The zero-order valence-corrected chi connectivity index (χ0v) is 3.60. The molecular formula is C2HN2OS. The number of hydrogen-bond donors (Lipinski definition) is 0. The molecule has 0 aliphatic rings. The van der Waals surface area contributed by atoms with E-state index in [1.54, 1.807) is 0 Å². The van der Waals surface area contributed by atoms with E-state index in [-0.39, 0.29) is 0 Å². The number of aromatic nitrogens is 2. The second-order valence-corrected chi connectivity index (χ2v) is 1.16. The third-order valence-corrected chi connectivity index (χ3v) is 0.518. The third-order valence-electron chi connectivity index (χ3n) is 0.340. The summed E-state index contributed by atoms with van der Waals surface area (Å²) >= 11 is 4.48. The Morgan fingerprint density at radius 1 is 1.83 bits per heavy atom. The highest BCUT2D eigenvalue weighted by molar-refractivity contribution is 7.80. The largest absolute Gasteiger partial charge is 0.344 e. The van der Waals surface area contributed by atoms with Gasteiger partial charge >= 0.3 is 0 Å². The molecule has 1 heterocycles. The molecule has 1 rings (SSSR count). The van der Waals surface area contributed by atoms with E-state index in [9.17, 15) is 0 Å². The predicted molar refractivity (Wildman–Crippen MR) is 20.2 cm³/mol. The first-order valence-corrected chi connectivity index (χ1v) is 1.74. The minimum atomic E-state index is 0.398. The molecule has 6 heavy (non-hydrogen) atoms. The average molecular weight is 101 g/mol. The molecule has 1 aromatic heterocycles. The van der Waals surface area contributed by atoms with Crippen molar-refractivity contribution >= 4 is 12.6 Å². The van der Waals surface area contributed by atoms with Crippen molar-refractivity contribution in [3.05, 3.63) is 6.26 Å². The van der Waals surface area contributed by atoms with Crippen LogP contribution in [0.4, 0.5) is 0 Å². The lowest BCUT2D eigenvalue weighted by Gasteiger charge is -1.54. The lowest BCUT2D eigenvalue weighted by molar-refractivity contribution is 0.392. The molecule has 3 nitrogen and oxygen atoms in total. The van der Waals surface area contributed by atoms with E-state index in [2.05, 4.69) is 27.5 Å². The maximum Gasteiger partial charge on any atom is 0.189 e. The molecule has 0 aromatic carbocycles. The van der Waals surface area contributed by atoms with Crippen LogP contribution in [0.1, 0.15) is 0 Å². The molecule has 1 radical (unpaired) electrons. The molecular weight excluding hydrogens is 100 g/mol. The van der Waals surface area contributed by atoms with Crippen LogP contribution in [-0.2, 0) is 0 Å². The van der Waals surface area contributed by atoms with Crippen molar-refractivity contribution in [1.29, 1.82) is 0 Å². The van der Waals surface area contributed by atoms with E-state index in [0.29, 0.717) is 5.03 Å². The summed E-state index contributed by atoms with van der Waals surface area (Å²) in [6.07, 6.45) is 1.30. The summed E-state index contributed by atoms with van der Waals surface area (Å²) in [5, 5.41) is 6.81. The van der Waals surface area contributed by atoms with Gasteiger partial charge in [-0.25, -0.2) is 0 Å². The van der Waals surface area contributed by atoms with Crippen molar-refractivity contribution in [3.8, 4) is 0 Å². The smallest absolute Gasteiger partial charge is 0.189 e. The topological polar surface area (TPSA) is 38.9 Å². The van der Waals surface area contributed by atoms with E-state index in [4.69, 9.17) is 0 Å². The molecule has 31 valence electrons. The van der Waals surface area contributed by atoms with Gasteiger partial charge < -0.3 is 4.52 Å². The van der Waals surface area contributed by atoms with E-state index < -0.39 is 0 Å². The fourth-order valence-corrected chi connectivity index (χ4v) is 0.232. The Morgan fingerprint density at radius 2 is 2.67 bits per heavy atom. The molecule has 4 heteroatoms. The average Bonchev–Trinajstić information content (AvgIpc) is 1.86. The van der Waals surface area contributed by atoms with Gasteiger partial charge in [0, 0.05) is 5.27 Å². The van der Waals surface area contributed by atoms with Gasteiger partial charge in [-0.2, -0.15) is 0 Å². The Balaban J connectivity index is 3.05. The summed E-state index contributed by atoms with van der Waals surface area (Å²) in [4.78, 5) is 0. The zero-order valence-electron chi connectivity index (χ0n) is 2.79. The second kappa shape index (κ2) is 1.22. The quantitative estimate of drug-likeness (QED) is 0.481. The summed E-state index contributed by atoms with van der Waals surface area (Å²) in [7, 11) is 0. The Bertz CT molecular complexity index is 115. The molecule has 0 saturated heterocycles. The van der Waals surface area contributed by atoms with Crippen LogP contribution in [0, 0.1) is 0 Å². The molecule has 0 bridgehead atoms. The van der Waals surface area contributed by atoms with Crippen LogP contribution in [0.3, 0.4) is 0 Å². The van der Waals surface area contributed by atoms with Crippen LogP contribution in [0.15, 0.2) is 15.8 Å². The summed E-state index contributed by atoms with van der Waals surface area (Å²) in [5.41, 5.74) is 0. The lowest BCUT2D eigenvalue weighted by Crippen LogP contribution is -1.60. The van der Waals surface area contributed by atoms with Crippen LogP contribution in [-0.4, -0.2) is 10.4 Å². The SMILES string of the molecule is [S]c1conn1. The Hall–Kier alpha value is -0.640. The maximum atomic E-state index is 4.48. The van der Waals surface area contributed by atoms with Gasteiger partial charge in [0.1, 0.15) is 0 Å². The van der Waals surface area contributed by atoms with Gasteiger partial charge in [0.25, 0.3) is 0 Å². The number of hydrogen-bond acceptors (Lipinski definition) is 3. The normalized spacial score (nSPS) is 8.67. The van der Waals surface area contributed by atoms with Crippen molar-refractivity contribution in [2.24, 2.45) is 0 Å². The Morgan fingerprint density at radius 3 is 2.83 bits per heavy atom. The van der Waals surface area contributed by atoms with Crippen molar-refractivity contribution < 1.29 is 4.52 Å². The number of rotatable bonds is 0. The summed E-state index contributed by atoms with van der Waals surface area (Å²) in [5.74, 6) is 0. The fourth-order valence-electron chi connectivity index (χ4n) is 0.156. The lowest BCUT2D eigenvalue weighted by atomic mass is 11.0. The minimum Gasteiger partial charge on any atom is -0.344 e. The molecule has 0 atom stereocenters. The van der Waals surface area contributed by atoms with Crippen LogP contribution >= 0.6 is 12.6 Å². The molecule has 0 saturated carbocycles. The predicted octanol–water partition coefficient (Wildman–Crippen LogP) is 0.626. The van der Waals surface area contributed by atoms with Crippen LogP contribution < -0.4 is 0 Å². The first-order valence-electron chi connectivity index (χ1n) is 1.33. The van der Waals surface area contributed by atoms with Crippen LogP contribution in [0.25, 0.3) is 0 Å². The van der Waals surface area contributed by atoms with Gasteiger partial charge in [0.05, 0.1) is 0 Å². The van der Waals surface area contributed by atoms with Gasteiger partial charge in [-0.3, -0.25) is 0 Å². The van der Waals surface area contributed by atoms with E-state index in [1.165, 1.54) is 6.26 Å². The molecule has 1 aromatic rings. The maximum absolute atomic E-state index is 4.48. The van der Waals surface area contributed by atoms with E-state index >= 15 is 0 Å². The van der Waals surface area contributed by atoms with Crippen LogP contribution in [0.5, 0.6) is 0 Å². The van der Waals surface area contributed by atoms with Gasteiger partial charge in [-0.15, -0.1) is 0 Å². The van der Waals surface area contributed by atoms with Gasteiger partial charge in [0.2, 0.25) is 0 Å². The molecule has 0 aliphatic carbocycles. The van der Waals surface area contributed by atoms with Crippen LogP contribution in [0.2, 0.25) is 0 Å². The van der Waals surface area contributed by atoms with Gasteiger partial charge in [0.15, 0.2) is 11.3 Å². The Kier molecular flexibility index (Phi) is 0.719. The molecule has 0 fully saturated rings. The molecule has 0 amide bonds. The minimum absolute atomic E-state index is 0.398. The van der Waals surface area contributed by atoms with E-state index in [1.807, 2.05) is 0 Å². The van der Waals surface area contributed by atoms with Gasteiger partial charge in [-0.05, 0) is 0 Å². The van der Waals surface area contributed by atoms with Gasteiger partial charge in [-0.1, -0.05) is 17.7 Å². The first kappa shape index (κ1) is 3.55. The fraction of sp³-hybridized carbons (Fsp3) is 0. The van der Waals surface area contributed by atoms with Crippen molar-refractivity contribution in [3.63, 3.8) is 0 Å². The molecule has 0 spiro atoms. The summed E-state index contributed by atoms with van der Waals surface area (Å²) < 4.78 is 4.25. The molecule has 0 N–H and O–H groups in total. The number of nitrogens with zero attached hydrogens (tertiary/aromatic N) is 2. The molecule has 0 unspecified atom stereocenters. The highest BCUT2D eigenvalue weighted by atomic mass is 32.1. The van der Waals surface area contributed by atoms with Crippen molar-refractivity contribution in [2.75, 3.05) is 0 Å². The molecule has 0 aliphatic heterocycles. The Labute approximate surface area is 39.7 Å². The second-order valence-electron chi connectivity index (χ2n) is 0.743. The van der Waals surface area contributed by atoms with Crippen molar-refractivity contribution in [1.82, 2.24) is 10.4 Å². The summed E-state index contributed by atoms with van der Waals surface area (Å²) in [6, 6.07) is 0. The monoisotopic (exact) mass is 101 g/mol. The summed E-state index contributed by atoms with van der Waals surface area (Å²) in [6.45, 7) is 0. The van der Waals surface area contributed by atoms with Crippen molar-refractivity contribution in [2.45, 2.75) is 5.03 Å².